The highest BCUT2D eigenvalue weighted by molar-refractivity contribution is 6.09. The van der Waals surface area contributed by atoms with Crippen LogP contribution in [0, 0.1) is 12.3 Å². The number of benzene rings is 2. The van der Waals surface area contributed by atoms with E-state index in [0.717, 1.165) is 0 Å². The minimum atomic E-state index is -0.339. The highest BCUT2D eigenvalue weighted by atomic mass is 16.5. The van der Waals surface area contributed by atoms with Crippen LogP contribution >= 0.6 is 0 Å². The first-order chi connectivity index (χ1) is 11.2. The van der Waals surface area contributed by atoms with E-state index >= 15 is 0 Å². The first-order valence-corrected chi connectivity index (χ1v) is 6.92. The number of methoxy groups -OCH3 is 1. The van der Waals surface area contributed by atoms with Gasteiger partial charge < -0.3 is 15.4 Å². The van der Waals surface area contributed by atoms with Crippen LogP contribution in [-0.4, -0.2) is 25.5 Å². The summed E-state index contributed by atoms with van der Waals surface area (Å²) in [5, 5.41) is 5.30. The fourth-order valence-corrected chi connectivity index (χ4v) is 1.95. The number of rotatable bonds is 5. The second-order valence-electron chi connectivity index (χ2n) is 4.62. The molecule has 0 atom stereocenters. The summed E-state index contributed by atoms with van der Waals surface area (Å²) in [6, 6.07) is 13.4. The van der Waals surface area contributed by atoms with Crippen LogP contribution in [0.15, 0.2) is 48.5 Å². The predicted octanol–water partition coefficient (Wildman–Crippen LogP) is 2.31. The Morgan fingerprint density at radius 1 is 1.09 bits per heavy atom. The van der Waals surface area contributed by atoms with Gasteiger partial charge in [-0.25, -0.2) is 0 Å². The number of nitrogens with one attached hydrogen (secondary N) is 2. The average Bonchev–Trinajstić information content (AvgIpc) is 2.60. The van der Waals surface area contributed by atoms with Crippen molar-refractivity contribution in [3.8, 4) is 18.1 Å². The van der Waals surface area contributed by atoms with Crippen molar-refractivity contribution in [2.24, 2.45) is 0 Å². The average molecular weight is 308 g/mol. The summed E-state index contributed by atoms with van der Waals surface area (Å²) in [5.74, 6) is 2.34. The summed E-state index contributed by atoms with van der Waals surface area (Å²) >= 11 is 0. The highest BCUT2D eigenvalue weighted by Gasteiger charge is 2.13. The quantitative estimate of drug-likeness (QED) is 0.833. The third-order valence-corrected chi connectivity index (χ3v) is 3.12. The van der Waals surface area contributed by atoms with Crippen molar-refractivity contribution in [2.75, 3.05) is 19.0 Å². The second-order valence-corrected chi connectivity index (χ2v) is 4.62. The molecule has 23 heavy (non-hydrogen) atoms. The largest absolute Gasteiger partial charge is 0.497 e. The molecule has 0 aliphatic rings. The van der Waals surface area contributed by atoms with Gasteiger partial charge in [-0.15, -0.1) is 6.42 Å². The Morgan fingerprint density at radius 3 is 2.43 bits per heavy atom. The van der Waals surface area contributed by atoms with Gasteiger partial charge in [-0.1, -0.05) is 18.1 Å². The zero-order valence-corrected chi connectivity index (χ0v) is 12.6. The molecule has 0 unspecified atom stereocenters. The van der Waals surface area contributed by atoms with Crippen LogP contribution in [0.1, 0.15) is 20.7 Å². The van der Waals surface area contributed by atoms with Crippen LogP contribution in [-0.2, 0) is 0 Å². The summed E-state index contributed by atoms with van der Waals surface area (Å²) in [4.78, 5) is 24.3. The van der Waals surface area contributed by atoms with E-state index in [1.54, 1.807) is 55.6 Å². The number of hydrogen-bond donors (Lipinski definition) is 2. The summed E-state index contributed by atoms with van der Waals surface area (Å²) in [6.07, 6.45) is 5.13. The van der Waals surface area contributed by atoms with E-state index in [4.69, 9.17) is 11.2 Å². The van der Waals surface area contributed by atoms with Crippen LogP contribution in [0.4, 0.5) is 5.69 Å². The van der Waals surface area contributed by atoms with E-state index in [1.807, 2.05) is 0 Å². The van der Waals surface area contributed by atoms with Crippen molar-refractivity contribution in [3.63, 3.8) is 0 Å². The Hall–Kier alpha value is -3.26. The molecule has 0 aliphatic carbocycles. The molecule has 0 saturated carbocycles. The molecule has 0 heterocycles. The third kappa shape index (κ3) is 4.11. The predicted molar refractivity (Wildman–Crippen MR) is 88.6 cm³/mol. The molecule has 0 aliphatic heterocycles. The van der Waals surface area contributed by atoms with Crippen LogP contribution < -0.4 is 15.4 Å². The lowest BCUT2D eigenvalue weighted by Gasteiger charge is -2.11. The molecule has 0 spiro atoms. The van der Waals surface area contributed by atoms with Gasteiger partial charge in [-0.05, 0) is 36.4 Å². The van der Waals surface area contributed by atoms with E-state index in [-0.39, 0.29) is 18.4 Å². The summed E-state index contributed by atoms with van der Waals surface area (Å²) in [6.45, 7) is 0.125. The molecule has 5 heteroatoms. The molecule has 5 nitrogen and oxygen atoms in total. The molecule has 0 radical (unpaired) electrons. The topological polar surface area (TPSA) is 67.4 Å². The standard InChI is InChI=1S/C18H16N2O3/c1-3-12-19-18(22)15-6-4-5-7-16(15)20-17(21)13-8-10-14(23-2)11-9-13/h1,4-11H,12H2,2H3,(H,19,22)(H,20,21). The van der Waals surface area contributed by atoms with Crippen LogP contribution in [0.3, 0.4) is 0 Å². The zero-order valence-electron chi connectivity index (χ0n) is 12.6. The molecule has 0 saturated heterocycles. The summed E-state index contributed by atoms with van der Waals surface area (Å²) in [7, 11) is 1.56. The maximum absolute atomic E-state index is 12.3. The van der Waals surface area contributed by atoms with Crippen molar-refractivity contribution < 1.29 is 14.3 Å². The SMILES string of the molecule is C#CCNC(=O)c1ccccc1NC(=O)c1ccc(OC)cc1. The first kappa shape index (κ1) is 16.1. The number of anilines is 1. The molecule has 2 aromatic carbocycles. The number of para-hydroxylation sites is 1. The van der Waals surface area contributed by atoms with Gasteiger partial charge in [0.2, 0.25) is 0 Å². The summed E-state index contributed by atoms with van der Waals surface area (Å²) < 4.78 is 5.05. The van der Waals surface area contributed by atoms with Gasteiger partial charge in [0.25, 0.3) is 11.8 Å². The normalized spacial score (nSPS) is 9.57. The van der Waals surface area contributed by atoms with Crippen LogP contribution in [0.5, 0.6) is 5.75 Å². The highest BCUT2D eigenvalue weighted by Crippen LogP contribution is 2.17. The fraction of sp³-hybridized carbons (Fsp3) is 0.111. The van der Waals surface area contributed by atoms with Crippen molar-refractivity contribution in [1.29, 1.82) is 0 Å². The number of hydrogen-bond acceptors (Lipinski definition) is 3. The van der Waals surface area contributed by atoms with Gasteiger partial charge in [-0.3, -0.25) is 9.59 Å². The lowest BCUT2D eigenvalue weighted by molar-refractivity contribution is 0.0959. The van der Waals surface area contributed by atoms with Crippen LogP contribution in [0.2, 0.25) is 0 Å². The molecule has 0 bridgehead atoms. The van der Waals surface area contributed by atoms with E-state index < -0.39 is 0 Å². The molecule has 2 amide bonds. The number of carbonyl (C=O) groups is 2. The third-order valence-electron chi connectivity index (χ3n) is 3.12. The van der Waals surface area contributed by atoms with Gasteiger partial charge in [0.05, 0.1) is 24.9 Å². The van der Waals surface area contributed by atoms with Crippen molar-refractivity contribution in [3.05, 3.63) is 59.7 Å². The number of carbonyl (C=O) groups excluding carboxylic acids is 2. The van der Waals surface area contributed by atoms with Gasteiger partial charge in [0.15, 0.2) is 0 Å². The van der Waals surface area contributed by atoms with Gasteiger partial charge in [-0.2, -0.15) is 0 Å². The molecule has 2 aromatic rings. The lowest BCUT2D eigenvalue weighted by atomic mass is 10.1. The zero-order chi connectivity index (χ0) is 16.7. The monoisotopic (exact) mass is 308 g/mol. The molecular formula is C18H16N2O3. The van der Waals surface area contributed by atoms with E-state index in [9.17, 15) is 9.59 Å². The molecule has 0 aromatic heterocycles. The Morgan fingerprint density at radius 2 is 1.78 bits per heavy atom. The number of terminal acetylenes is 1. The van der Waals surface area contributed by atoms with Crippen LogP contribution in [0.25, 0.3) is 0 Å². The minimum absolute atomic E-state index is 0.125. The Kier molecular flexibility index (Phi) is 5.37. The molecule has 0 fully saturated rings. The number of amides is 2. The first-order valence-electron chi connectivity index (χ1n) is 6.92. The van der Waals surface area contributed by atoms with E-state index in [1.165, 1.54) is 0 Å². The minimum Gasteiger partial charge on any atom is -0.497 e. The molecule has 116 valence electrons. The van der Waals surface area contributed by atoms with Crippen molar-refractivity contribution >= 4 is 17.5 Å². The maximum atomic E-state index is 12.3. The van der Waals surface area contributed by atoms with Gasteiger partial charge >= 0.3 is 0 Å². The van der Waals surface area contributed by atoms with Crippen molar-refractivity contribution in [2.45, 2.75) is 0 Å². The van der Waals surface area contributed by atoms with Gasteiger partial charge in [0, 0.05) is 5.56 Å². The molecular weight excluding hydrogens is 292 g/mol. The maximum Gasteiger partial charge on any atom is 0.255 e. The Bertz CT molecular complexity index is 746. The molecule has 2 rings (SSSR count). The van der Waals surface area contributed by atoms with E-state index in [2.05, 4.69) is 16.6 Å². The fourth-order valence-electron chi connectivity index (χ4n) is 1.95. The van der Waals surface area contributed by atoms with Crippen molar-refractivity contribution in [1.82, 2.24) is 5.32 Å². The second kappa shape index (κ2) is 7.66. The Balaban J connectivity index is 2.17. The number of ether oxygens (including phenoxy) is 1. The lowest BCUT2D eigenvalue weighted by Crippen LogP contribution is -2.25. The van der Waals surface area contributed by atoms with Gasteiger partial charge in [0.1, 0.15) is 5.75 Å². The van der Waals surface area contributed by atoms with E-state index in [0.29, 0.717) is 22.6 Å². The summed E-state index contributed by atoms with van der Waals surface area (Å²) in [5.41, 5.74) is 1.23. The smallest absolute Gasteiger partial charge is 0.255 e. The Labute approximate surface area is 134 Å². The molecule has 2 N–H and O–H groups in total.